The van der Waals surface area contributed by atoms with E-state index in [1.165, 1.54) is 0 Å². The van der Waals surface area contributed by atoms with Crippen molar-refractivity contribution in [2.75, 3.05) is 13.1 Å². The summed E-state index contributed by atoms with van der Waals surface area (Å²) in [6.07, 6.45) is 3.35. The second-order valence-electron chi connectivity index (χ2n) is 5.27. The lowest BCUT2D eigenvalue weighted by Crippen LogP contribution is -2.33. The summed E-state index contributed by atoms with van der Waals surface area (Å²) in [5.74, 6) is 1.38. The van der Waals surface area contributed by atoms with Gasteiger partial charge in [-0.15, -0.1) is 0 Å². The van der Waals surface area contributed by atoms with Gasteiger partial charge in [-0.1, -0.05) is 24.3 Å². The fourth-order valence-corrected chi connectivity index (χ4v) is 2.37. The number of benzene rings is 1. The van der Waals surface area contributed by atoms with E-state index in [1.807, 2.05) is 42.5 Å². The number of nitrogens with zero attached hydrogens (tertiary/aromatic N) is 2. The van der Waals surface area contributed by atoms with Gasteiger partial charge in [-0.2, -0.15) is 0 Å². The van der Waals surface area contributed by atoms with Crippen molar-refractivity contribution >= 4 is 16.9 Å². The maximum atomic E-state index is 5.86. The van der Waals surface area contributed by atoms with E-state index in [0.717, 1.165) is 41.8 Å². The first-order chi connectivity index (χ1) is 11.3. The summed E-state index contributed by atoms with van der Waals surface area (Å²) in [7, 11) is 0. The maximum Gasteiger partial charge on any atom is 0.188 e. The van der Waals surface area contributed by atoms with Gasteiger partial charge in [-0.25, -0.2) is 0 Å². The standard InChI is InChI=1S/C18H20N4O/c19-18(21-11-8-15-6-3-4-10-20-15)22-12-9-16-13-14-5-1-2-7-17(14)23-16/h1-7,10,13H,8-9,11-12H2,(H3,19,21,22). The molecule has 5 heteroatoms. The van der Waals surface area contributed by atoms with E-state index in [0.29, 0.717) is 12.5 Å². The number of nitrogens with one attached hydrogen (secondary N) is 1. The molecule has 3 rings (SSSR count). The van der Waals surface area contributed by atoms with Crippen molar-refractivity contribution in [1.82, 2.24) is 10.3 Å². The average molecular weight is 308 g/mol. The zero-order valence-electron chi connectivity index (χ0n) is 12.9. The number of furan rings is 1. The Morgan fingerprint density at radius 3 is 2.83 bits per heavy atom. The molecule has 0 radical (unpaired) electrons. The summed E-state index contributed by atoms with van der Waals surface area (Å²) >= 11 is 0. The van der Waals surface area contributed by atoms with Crippen LogP contribution in [-0.4, -0.2) is 24.0 Å². The molecule has 3 N–H and O–H groups in total. The van der Waals surface area contributed by atoms with Gasteiger partial charge in [0.2, 0.25) is 0 Å². The summed E-state index contributed by atoms with van der Waals surface area (Å²) in [4.78, 5) is 8.59. The second-order valence-corrected chi connectivity index (χ2v) is 5.27. The number of guanidine groups is 1. The lowest BCUT2D eigenvalue weighted by atomic mass is 10.2. The van der Waals surface area contributed by atoms with Crippen molar-refractivity contribution in [2.24, 2.45) is 10.7 Å². The smallest absolute Gasteiger partial charge is 0.188 e. The van der Waals surface area contributed by atoms with Crippen LogP contribution < -0.4 is 11.1 Å². The van der Waals surface area contributed by atoms with Crippen LogP contribution in [0.2, 0.25) is 0 Å². The zero-order valence-corrected chi connectivity index (χ0v) is 12.9. The molecule has 0 aliphatic heterocycles. The summed E-state index contributed by atoms with van der Waals surface area (Å²) < 4.78 is 5.75. The van der Waals surface area contributed by atoms with Gasteiger partial charge in [0.25, 0.3) is 0 Å². The van der Waals surface area contributed by atoms with Gasteiger partial charge in [-0.05, 0) is 24.3 Å². The Bertz CT molecular complexity index is 747. The number of aromatic nitrogens is 1. The van der Waals surface area contributed by atoms with Gasteiger partial charge in [0.1, 0.15) is 11.3 Å². The number of hydrogen-bond acceptors (Lipinski definition) is 3. The number of para-hydroxylation sites is 1. The minimum Gasteiger partial charge on any atom is -0.461 e. The maximum absolute atomic E-state index is 5.86. The SMILES string of the molecule is NC(=NCCc1cc2ccccc2o1)NCCc1ccccn1. The molecule has 118 valence electrons. The monoisotopic (exact) mass is 308 g/mol. The summed E-state index contributed by atoms with van der Waals surface area (Å²) in [5.41, 5.74) is 7.81. The fraction of sp³-hybridized carbons (Fsp3) is 0.222. The van der Waals surface area contributed by atoms with Crippen LogP contribution in [0.5, 0.6) is 0 Å². The Balaban J connectivity index is 1.44. The summed E-state index contributed by atoms with van der Waals surface area (Å²) in [5, 5.41) is 4.22. The number of fused-ring (bicyclic) bond motifs is 1. The normalized spacial score (nSPS) is 11.7. The van der Waals surface area contributed by atoms with Crippen molar-refractivity contribution in [3.8, 4) is 0 Å². The molecule has 0 saturated heterocycles. The molecular formula is C18H20N4O. The summed E-state index contributed by atoms with van der Waals surface area (Å²) in [6, 6.07) is 15.9. The van der Waals surface area contributed by atoms with E-state index in [4.69, 9.17) is 10.2 Å². The molecule has 0 aliphatic carbocycles. The molecule has 1 aromatic carbocycles. The topological polar surface area (TPSA) is 76.4 Å². The first-order valence-corrected chi connectivity index (χ1v) is 7.72. The van der Waals surface area contributed by atoms with E-state index >= 15 is 0 Å². The molecule has 0 atom stereocenters. The van der Waals surface area contributed by atoms with Gasteiger partial charge < -0.3 is 15.5 Å². The molecule has 3 aromatic rings. The molecular weight excluding hydrogens is 288 g/mol. The van der Waals surface area contributed by atoms with Crippen molar-refractivity contribution < 1.29 is 4.42 Å². The number of rotatable bonds is 6. The number of aliphatic imine (C=N–C) groups is 1. The van der Waals surface area contributed by atoms with E-state index < -0.39 is 0 Å². The van der Waals surface area contributed by atoms with Crippen molar-refractivity contribution in [2.45, 2.75) is 12.8 Å². The Kier molecular flexibility index (Phi) is 4.88. The van der Waals surface area contributed by atoms with Crippen molar-refractivity contribution in [1.29, 1.82) is 0 Å². The van der Waals surface area contributed by atoms with E-state index in [-0.39, 0.29) is 0 Å². The highest BCUT2D eigenvalue weighted by atomic mass is 16.3. The Morgan fingerprint density at radius 2 is 2.00 bits per heavy atom. The first kappa shape index (κ1) is 15.1. The van der Waals surface area contributed by atoms with Crippen LogP contribution in [0.1, 0.15) is 11.5 Å². The van der Waals surface area contributed by atoms with Crippen LogP contribution >= 0.6 is 0 Å². The molecule has 0 spiro atoms. The molecule has 2 heterocycles. The Labute approximate surface area is 135 Å². The van der Waals surface area contributed by atoms with Crippen molar-refractivity contribution in [3.63, 3.8) is 0 Å². The third kappa shape index (κ3) is 4.32. The molecule has 0 aliphatic rings. The van der Waals surface area contributed by atoms with Gasteiger partial charge in [0.05, 0.1) is 0 Å². The lowest BCUT2D eigenvalue weighted by Gasteiger charge is -2.04. The third-order valence-electron chi connectivity index (χ3n) is 3.53. The van der Waals surface area contributed by atoms with Gasteiger partial charge >= 0.3 is 0 Å². The second kappa shape index (κ2) is 7.45. The highest BCUT2D eigenvalue weighted by Crippen LogP contribution is 2.18. The first-order valence-electron chi connectivity index (χ1n) is 7.72. The molecule has 5 nitrogen and oxygen atoms in total. The van der Waals surface area contributed by atoms with E-state index in [2.05, 4.69) is 21.4 Å². The van der Waals surface area contributed by atoms with Gasteiger partial charge in [-0.3, -0.25) is 9.98 Å². The summed E-state index contributed by atoms with van der Waals surface area (Å²) in [6.45, 7) is 1.32. The van der Waals surface area contributed by atoms with E-state index in [1.54, 1.807) is 6.20 Å². The number of pyridine rings is 1. The number of nitrogens with two attached hydrogens (primary N) is 1. The van der Waals surface area contributed by atoms with Crippen LogP contribution in [-0.2, 0) is 12.8 Å². The molecule has 0 amide bonds. The minimum atomic E-state index is 0.456. The molecule has 23 heavy (non-hydrogen) atoms. The molecule has 0 bridgehead atoms. The largest absolute Gasteiger partial charge is 0.461 e. The van der Waals surface area contributed by atoms with Crippen LogP contribution in [0.4, 0.5) is 0 Å². The lowest BCUT2D eigenvalue weighted by molar-refractivity contribution is 0.550. The fourth-order valence-electron chi connectivity index (χ4n) is 2.37. The molecule has 2 aromatic heterocycles. The molecule has 0 saturated carbocycles. The Hall–Kier alpha value is -2.82. The molecule has 0 fully saturated rings. The predicted molar refractivity (Wildman–Crippen MR) is 92.4 cm³/mol. The van der Waals surface area contributed by atoms with E-state index in [9.17, 15) is 0 Å². The zero-order chi connectivity index (χ0) is 15.9. The number of hydrogen-bond donors (Lipinski definition) is 2. The van der Waals surface area contributed by atoms with Gasteiger partial charge in [0, 0.05) is 43.2 Å². The minimum absolute atomic E-state index is 0.456. The van der Waals surface area contributed by atoms with Gasteiger partial charge in [0.15, 0.2) is 5.96 Å². The Morgan fingerprint density at radius 1 is 1.13 bits per heavy atom. The average Bonchev–Trinajstić information content (AvgIpc) is 2.98. The highest BCUT2D eigenvalue weighted by Gasteiger charge is 2.02. The van der Waals surface area contributed by atoms with Crippen LogP contribution in [0, 0.1) is 0 Å². The van der Waals surface area contributed by atoms with Crippen LogP contribution in [0.3, 0.4) is 0 Å². The van der Waals surface area contributed by atoms with Crippen LogP contribution in [0.25, 0.3) is 11.0 Å². The van der Waals surface area contributed by atoms with Crippen LogP contribution in [0.15, 0.2) is 64.1 Å². The third-order valence-corrected chi connectivity index (χ3v) is 3.53. The molecule has 0 unspecified atom stereocenters. The predicted octanol–water partition coefficient (Wildman–Crippen LogP) is 2.52. The quantitative estimate of drug-likeness (QED) is 0.542. The van der Waals surface area contributed by atoms with Crippen molar-refractivity contribution in [3.05, 3.63) is 66.2 Å². The highest BCUT2D eigenvalue weighted by molar-refractivity contribution is 5.78.